The average molecular weight is 463 g/mol. The van der Waals surface area contributed by atoms with Crippen molar-refractivity contribution >= 4 is 23.1 Å². The summed E-state index contributed by atoms with van der Waals surface area (Å²) in [6.07, 6.45) is 5.62. The zero-order valence-corrected chi connectivity index (χ0v) is 20.2. The number of para-hydroxylation sites is 1. The number of aromatic nitrogens is 1. The summed E-state index contributed by atoms with van der Waals surface area (Å²) in [4.78, 5) is 38.3. The molecule has 0 spiro atoms. The van der Waals surface area contributed by atoms with Gasteiger partial charge in [0.05, 0.1) is 23.2 Å². The van der Waals surface area contributed by atoms with Crippen LogP contribution in [-0.4, -0.2) is 46.3 Å². The van der Waals surface area contributed by atoms with E-state index in [1.165, 1.54) is 4.90 Å². The van der Waals surface area contributed by atoms with Gasteiger partial charge in [0.15, 0.2) is 5.78 Å². The number of hydrogen-bond acceptors (Lipinski definition) is 6. The van der Waals surface area contributed by atoms with E-state index >= 15 is 0 Å². The van der Waals surface area contributed by atoms with Crippen LogP contribution in [0.1, 0.15) is 62.3 Å². The molecule has 0 radical (unpaired) electrons. The molecule has 1 aliphatic carbocycles. The molecular weight excluding hydrogens is 428 g/mol. The van der Waals surface area contributed by atoms with Crippen LogP contribution in [0.2, 0.25) is 0 Å². The summed E-state index contributed by atoms with van der Waals surface area (Å²) in [5, 5.41) is 11.0. The molecule has 1 aromatic carbocycles. The van der Waals surface area contributed by atoms with E-state index in [0.29, 0.717) is 41.4 Å². The fraction of sp³-hybridized carbons (Fsp3) is 0.481. The van der Waals surface area contributed by atoms with E-state index in [9.17, 15) is 14.7 Å². The van der Waals surface area contributed by atoms with Gasteiger partial charge in [-0.1, -0.05) is 50.8 Å². The van der Waals surface area contributed by atoms with E-state index in [1.54, 1.807) is 13.2 Å². The number of fused-ring (bicyclic) bond motifs is 1. The van der Waals surface area contributed by atoms with E-state index < -0.39 is 29.4 Å². The Balaban J connectivity index is 1.84. The third-order valence-corrected chi connectivity index (χ3v) is 6.91. The maximum absolute atomic E-state index is 14.0. The smallest absolute Gasteiger partial charge is 0.277 e. The van der Waals surface area contributed by atoms with Crippen molar-refractivity contribution in [2.24, 2.45) is 22.6 Å². The lowest BCUT2D eigenvalue weighted by Crippen LogP contribution is -2.61. The number of aliphatic imine (C=N–C) groups is 1. The van der Waals surface area contributed by atoms with Crippen LogP contribution >= 0.6 is 0 Å². The lowest BCUT2D eigenvalue weighted by Gasteiger charge is -2.31. The summed E-state index contributed by atoms with van der Waals surface area (Å²) in [5.74, 6) is -1.47. The zero-order chi connectivity index (χ0) is 24.5. The number of pyridine rings is 1. The van der Waals surface area contributed by atoms with Crippen LogP contribution in [0.4, 0.5) is 5.69 Å². The molecule has 34 heavy (non-hydrogen) atoms. The fourth-order valence-electron chi connectivity index (χ4n) is 4.69. The summed E-state index contributed by atoms with van der Waals surface area (Å²) >= 11 is 0. The largest absolute Gasteiger partial charge is 0.392 e. The molecule has 1 saturated carbocycles. The number of Topliss-reactive ketones (excluding diaryl/α,β-unsaturated/α-hetero) is 1. The molecule has 7 heteroatoms. The maximum atomic E-state index is 14.0. The second-order valence-corrected chi connectivity index (χ2v) is 9.69. The topological polar surface area (TPSA) is 109 Å². The van der Waals surface area contributed by atoms with Gasteiger partial charge in [-0.2, -0.15) is 0 Å². The van der Waals surface area contributed by atoms with Crippen molar-refractivity contribution in [3.63, 3.8) is 0 Å². The molecule has 2 aliphatic rings. The summed E-state index contributed by atoms with van der Waals surface area (Å²) in [7, 11) is 1.61. The molecule has 0 saturated heterocycles. The minimum Gasteiger partial charge on any atom is -0.392 e. The van der Waals surface area contributed by atoms with Crippen LogP contribution in [0, 0.1) is 18.8 Å². The summed E-state index contributed by atoms with van der Waals surface area (Å²) in [5.41, 5.74) is 7.75. The second kappa shape index (κ2) is 9.76. The van der Waals surface area contributed by atoms with E-state index in [1.807, 2.05) is 50.2 Å². The van der Waals surface area contributed by atoms with Gasteiger partial charge in [0.1, 0.15) is 0 Å². The molecule has 1 amide bonds. The van der Waals surface area contributed by atoms with Crippen molar-refractivity contribution in [2.45, 2.75) is 64.1 Å². The number of likely N-dealkylation sites (N-methyl/N-ethyl adjacent to an activating group) is 1. The van der Waals surface area contributed by atoms with E-state index in [2.05, 4.69) is 9.98 Å². The van der Waals surface area contributed by atoms with E-state index in [-0.39, 0.29) is 0 Å². The van der Waals surface area contributed by atoms with E-state index in [0.717, 1.165) is 31.2 Å². The molecule has 0 bridgehead atoms. The lowest BCUT2D eigenvalue weighted by molar-refractivity contribution is -0.139. The number of carbonyl (C=O) groups excluding carboxylic acids is 2. The first kappa shape index (κ1) is 24.2. The number of hydrogen-bond donors (Lipinski definition) is 2. The van der Waals surface area contributed by atoms with Gasteiger partial charge in [-0.05, 0) is 49.4 Å². The molecule has 2 aromatic rings. The van der Waals surface area contributed by atoms with Crippen molar-refractivity contribution in [3.8, 4) is 0 Å². The zero-order valence-electron chi connectivity index (χ0n) is 20.2. The van der Waals surface area contributed by atoms with Crippen LogP contribution in [0.3, 0.4) is 0 Å². The van der Waals surface area contributed by atoms with E-state index in [4.69, 9.17) is 5.73 Å². The molecule has 4 rings (SSSR count). The second-order valence-electron chi connectivity index (χ2n) is 9.69. The van der Waals surface area contributed by atoms with Crippen LogP contribution < -0.4 is 10.6 Å². The lowest BCUT2D eigenvalue weighted by atomic mass is 9.83. The first-order chi connectivity index (χ1) is 16.3. The van der Waals surface area contributed by atoms with Gasteiger partial charge < -0.3 is 10.0 Å². The number of benzene rings is 1. The normalized spacial score (nSPS) is 22.0. The van der Waals surface area contributed by atoms with Crippen molar-refractivity contribution in [1.82, 2.24) is 4.98 Å². The number of aliphatic hydroxyl groups excluding tert-OH is 1. The number of anilines is 1. The van der Waals surface area contributed by atoms with Crippen molar-refractivity contribution in [1.29, 1.82) is 0 Å². The first-order valence-electron chi connectivity index (χ1n) is 12.2. The molecule has 1 fully saturated rings. The number of nitrogens with zero attached hydrogens (tertiary/aromatic N) is 3. The van der Waals surface area contributed by atoms with Gasteiger partial charge >= 0.3 is 0 Å². The Morgan fingerprint density at radius 3 is 2.71 bits per heavy atom. The summed E-state index contributed by atoms with van der Waals surface area (Å²) < 4.78 is 0. The third kappa shape index (κ3) is 4.68. The summed E-state index contributed by atoms with van der Waals surface area (Å²) in [6.45, 7) is 3.99. The Bertz CT molecular complexity index is 1110. The number of carbonyl (C=O) groups is 2. The number of amides is 1. The van der Waals surface area contributed by atoms with Gasteiger partial charge in [0.25, 0.3) is 5.91 Å². The number of nitrogens with two attached hydrogens (primary N) is 1. The highest BCUT2D eigenvalue weighted by Crippen LogP contribution is 2.39. The molecule has 3 N–H and O–H groups in total. The van der Waals surface area contributed by atoms with Crippen molar-refractivity contribution in [2.75, 3.05) is 11.9 Å². The highest BCUT2D eigenvalue weighted by atomic mass is 16.3. The Labute approximate surface area is 201 Å². The molecule has 180 valence electrons. The van der Waals surface area contributed by atoms with Crippen LogP contribution in [-0.2, 0) is 9.59 Å². The standard InChI is InChI=1S/C27H34N4O3/c1-4-5-10-23(32)20(16-18-11-12-18)25(33)27(28)26(34)31(3)22-9-7-6-8-19(22)24(30-27)21-15-17(2)13-14-29-21/h6-9,13-15,18,20,23,32H,4-5,10-12,16,28H2,1-3H3/t20-,23+,27?/m1/s1. The predicted molar refractivity (Wildman–Crippen MR) is 133 cm³/mol. The molecule has 2 heterocycles. The quantitative estimate of drug-likeness (QED) is 0.555. The minimum absolute atomic E-state index is 0.381. The van der Waals surface area contributed by atoms with Gasteiger partial charge in [-0.3, -0.25) is 20.3 Å². The summed E-state index contributed by atoms with van der Waals surface area (Å²) in [6, 6.07) is 11.1. The number of benzodiazepines with no additional fused rings is 1. The average Bonchev–Trinajstić information content (AvgIpc) is 3.67. The minimum atomic E-state index is -2.15. The van der Waals surface area contributed by atoms with Crippen LogP contribution in [0.25, 0.3) is 0 Å². The molecule has 3 atom stereocenters. The Hall–Kier alpha value is -2.90. The van der Waals surface area contributed by atoms with Crippen molar-refractivity contribution in [3.05, 3.63) is 59.4 Å². The van der Waals surface area contributed by atoms with Gasteiger partial charge in [0.2, 0.25) is 5.66 Å². The molecule has 1 aliphatic heterocycles. The number of rotatable bonds is 9. The Morgan fingerprint density at radius 1 is 1.29 bits per heavy atom. The van der Waals surface area contributed by atoms with Gasteiger partial charge in [0, 0.05) is 24.7 Å². The number of ketones is 1. The number of unbranched alkanes of at least 4 members (excludes halogenated alkanes) is 1. The molecule has 1 unspecified atom stereocenters. The Morgan fingerprint density at radius 2 is 2.03 bits per heavy atom. The maximum Gasteiger partial charge on any atom is 0.277 e. The monoisotopic (exact) mass is 462 g/mol. The first-order valence-corrected chi connectivity index (χ1v) is 12.2. The predicted octanol–water partition coefficient (Wildman–Crippen LogP) is 3.40. The van der Waals surface area contributed by atoms with Crippen molar-refractivity contribution < 1.29 is 14.7 Å². The molecule has 1 aromatic heterocycles. The van der Waals surface area contributed by atoms with Crippen LogP contribution in [0.5, 0.6) is 0 Å². The fourth-order valence-corrected chi connectivity index (χ4v) is 4.69. The highest BCUT2D eigenvalue weighted by Gasteiger charge is 2.51. The molecule has 7 nitrogen and oxygen atoms in total. The van der Waals surface area contributed by atoms with Crippen LogP contribution in [0.15, 0.2) is 47.6 Å². The number of aryl methyl sites for hydroxylation is 1. The number of aliphatic hydroxyl groups is 1. The molecular formula is C27H34N4O3. The highest BCUT2D eigenvalue weighted by molar-refractivity contribution is 6.25. The Kier molecular flexibility index (Phi) is 6.96. The third-order valence-electron chi connectivity index (χ3n) is 6.91. The van der Waals surface area contributed by atoms with Gasteiger partial charge in [-0.15, -0.1) is 0 Å². The SMILES string of the molecule is CCCC[C@H](O)[C@@H](CC1CC1)C(=O)C1(N)N=C(c2cc(C)ccn2)c2ccccc2N(C)C1=O. The van der Waals surface area contributed by atoms with Gasteiger partial charge in [-0.25, -0.2) is 4.99 Å².